The third kappa shape index (κ3) is 5.47. The summed E-state index contributed by atoms with van der Waals surface area (Å²) in [5, 5.41) is 6.97. The Bertz CT molecular complexity index is 1170. The van der Waals surface area contributed by atoms with Crippen LogP contribution in [0.2, 0.25) is 0 Å². The van der Waals surface area contributed by atoms with E-state index in [0.29, 0.717) is 18.2 Å². The fourth-order valence-corrected chi connectivity index (χ4v) is 3.87. The lowest BCUT2D eigenvalue weighted by Crippen LogP contribution is -2.44. The van der Waals surface area contributed by atoms with Crippen LogP contribution in [0.4, 0.5) is 5.69 Å². The van der Waals surface area contributed by atoms with E-state index in [1.807, 2.05) is 18.3 Å². The van der Waals surface area contributed by atoms with Crippen LogP contribution in [0.1, 0.15) is 11.1 Å². The summed E-state index contributed by atoms with van der Waals surface area (Å²) < 4.78 is 0. The maximum absolute atomic E-state index is 12.3. The van der Waals surface area contributed by atoms with Crippen molar-refractivity contribution in [2.45, 2.75) is 6.54 Å². The molecule has 5 rings (SSSR count). The van der Waals surface area contributed by atoms with E-state index in [2.05, 4.69) is 66.7 Å². The molecule has 4 heterocycles. The second kappa shape index (κ2) is 10.7. The van der Waals surface area contributed by atoms with Crippen LogP contribution in [0.3, 0.4) is 0 Å². The molecule has 0 unspecified atom stereocenters. The van der Waals surface area contributed by atoms with Crippen molar-refractivity contribution in [1.82, 2.24) is 25.5 Å². The molecule has 10 heteroatoms. The molecule has 174 valence electrons. The number of nitrogens with zero attached hydrogens (tertiary/aromatic N) is 4. The van der Waals surface area contributed by atoms with Crippen LogP contribution in [0.25, 0.3) is 17.1 Å². The summed E-state index contributed by atoms with van der Waals surface area (Å²) in [5.74, 6) is 0.253. The van der Waals surface area contributed by atoms with Gasteiger partial charge in [0.05, 0.1) is 0 Å². The highest BCUT2D eigenvalue weighted by molar-refractivity contribution is 6.14. The number of amides is 1. The van der Waals surface area contributed by atoms with E-state index in [-0.39, 0.29) is 30.7 Å². The summed E-state index contributed by atoms with van der Waals surface area (Å²) in [6.07, 6.45) is 5.34. The van der Waals surface area contributed by atoms with Crippen molar-refractivity contribution in [2.75, 3.05) is 38.1 Å². The van der Waals surface area contributed by atoms with E-state index in [1.54, 1.807) is 12.3 Å². The highest BCUT2D eigenvalue weighted by atomic mass is 35.5. The number of halogens is 2. The molecule has 1 fully saturated rings. The van der Waals surface area contributed by atoms with Gasteiger partial charge in [-0.1, -0.05) is 12.1 Å². The zero-order chi connectivity index (χ0) is 21.2. The first-order valence-corrected chi connectivity index (χ1v) is 10.5. The Hall–Kier alpha value is -3.07. The number of aromatic nitrogens is 2. The van der Waals surface area contributed by atoms with Gasteiger partial charge in [-0.15, -0.1) is 24.8 Å². The lowest BCUT2D eigenvalue weighted by atomic mass is 10.2. The molecule has 2 aliphatic rings. The van der Waals surface area contributed by atoms with Crippen LogP contribution in [0.5, 0.6) is 0 Å². The minimum Gasteiger partial charge on any atom is -0.369 e. The fraction of sp³-hybridized carbons (Fsp3) is 0.261. The van der Waals surface area contributed by atoms with Crippen LogP contribution in [0.15, 0.2) is 59.5 Å². The number of nitrogens with one attached hydrogen (secondary N) is 3. The van der Waals surface area contributed by atoms with Gasteiger partial charge < -0.3 is 20.1 Å². The Kier molecular flexibility index (Phi) is 7.97. The number of piperazine rings is 1. The second-order valence-corrected chi connectivity index (χ2v) is 7.90. The Labute approximate surface area is 205 Å². The van der Waals surface area contributed by atoms with Crippen molar-refractivity contribution in [1.29, 1.82) is 0 Å². The summed E-state index contributed by atoms with van der Waals surface area (Å²) in [6, 6.07) is 12.4. The van der Waals surface area contributed by atoms with E-state index in [9.17, 15) is 4.79 Å². The minimum absolute atomic E-state index is 0. The summed E-state index contributed by atoms with van der Waals surface area (Å²) in [5.41, 5.74) is 4.43. The molecule has 0 aliphatic carbocycles. The summed E-state index contributed by atoms with van der Waals surface area (Å²) >= 11 is 0. The number of guanidine groups is 1. The molecule has 33 heavy (non-hydrogen) atoms. The predicted molar refractivity (Wildman–Crippen MR) is 137 cm³/mol. The number of hydrogen-bond donors (Lipinski definition) is 3. The van der Waals surface area contributed by atoms with Gasteiger partial charge in [0.1, 0.15) is 11.3 Å². The van der Waals surface area contributed by atoms with Gasteiger partial charge in [-0.05, 0) is 43.0 Å². The number of anilines is 1. The Morgan fingerprint density at radius 1 is 1.09 bits per heavy atom. The largest absolute Gasteiger partial charge is 0.369 e. The average Bonchev–Trinajstić information content (AvgIpc) is 3.37. The summed E-state index contributed by atoms with van der Waals surface area (Å²) in [7, 11) is 2.16. The van der Waals surface area contributed by atoms with Crippen molar-refractivity contribution in [3.8, 4) is 0 Å². The van der Waals surface area contributed by atoms with Gasteiger partial charge in [0.25, 0.3) is 5.91 Å². The average molecular weight is 488 g/mol. The fourth-order valence-electron chi connectivity index (χ4n) is 3.87. The van der Waals surface area contributed by atoms with E-state index in [4.69, 9.17) is 0 Å². The predicted octanol–water partition coefficient (Wildman–Crippen LogP) is 2.77. The van der Waals surface area contributed by atoms with Crippen LogP contribution >= 0.6 is 24.8 Å². The second-order valence-electron chi connectivity index (χ2n) is 7.90. The maximum Gasteiger partial charge on any atom is 0.276 e. The van der Waals surface area contributed by atoms with E-state index >= 15 is 0 Å². The molecule has 2 aliphatic heterocycles. The Morgan fingerprint density at radius 3 is 2.61 bits per heavy atom. The van der Waals surface area contributed by atoms with Crippen molar-refractivity contribution < 1.29 is 4.79 Å². The molecule has 0 atom stereocenters. The molecule has 0 bridgehead atoms. The van der Waals surface area contributed by atoms with E-state index in [0.717, 1.165) is 48.3 Å². The number of likely N-dealkylation sites (N-methyl/N-ethyl adjacent to an activating group) is 1. The van der Waals surface area contributed by atoms with Gasteiger partial charge in [0, 0.05) is 61.8 Å². The number of carbonyl (C=O) groups is 1. The molecule has 0 spiro atoms. The standard InChI is InChI=1S/C23H25N7O.2ClH/c1-29-9-11-30(12-10-29)18-6-4-16(5-7-18)14-26-23-27-20(22(31)28-23)13-17-15-25-21-19(17)3-2-8-24-21;;/h2-8,13,15H,9-12,14H2,1H3,(H,24,25)(H2,26,27,28,31);2*1H. The molecule has 3 aromatic rings. The molecule has 1 amide bonds. The quantitative estimate of drug-likeness (QED) is 0.492. The smallest absolute Gasteiger partial charge is 0.276 e. The Balaban J connectivity index is 0.00000153. The van der Waals surface area contributed by atoms with Crippen molar-refractivity contribution in [3.63, 3.8) is 0 Å². The van der Waals surface area contributed by atoms with Crippen LogP contribution in [0, 0.1) is 0 Å². The molecule has 3 N–H and O–H groups in total. The first kappa shape index (κ1) is 24.6. The van der Waals surface area contributed by atoms with Crippen molar-refractivity contribution >= 4 is 59.5 Å². The van der Waals surface area contributed by atoms with Gasteiger partial charge >= 0.3 is 0 Å². The van der Waals surface area contributed by atoms with E-state index < -0.39 is 0 Å². The SMILES string of the molecule is CN1CCN(c2ccc(CNC3=NC(=Cc4c[nH]c5ncccc45)C(=O)N3)cc2)CC1.Cl.Cl. The number of aliphatic imine (C=N–C) groups is 1. The maximum atomic E-state index is 12.3. The third-order valence-electron chi connectivity index (χ3n) is 5.74. The van der Waals surface area contributed by atoms with Gasteiger partial charge in [0.15, 0.2) is 0 Å². The number of aromatic amines is 1. The third-order valence-corrected chi connectivity index (χ3v) is 5.74. The zero-order valence-corrected chi connectivity index (χ0v) is 19.9. The van der Waals surface area contributed by atoms with Gasteiger partial charge in [0.2, 0.25) is 5.96 Å². The molecule has 2 aromatic heterocycles. The lowest BCUT2D eigenvalue weighted by Gasteiger charge is -2.34. The first-order chi connectivity index (χ1) is 15.2. The number of hydrogen-bond acceptors (Lipinski definition) is 6. The molecule has 1 saturated heterocycles. The number of carbonyl (C=O) groups excluding carboxylic acids is 1. The molecule has 0 saturated carbocycles. The van der Waals surface area contributed by atoms with Gasteiger partial charge in [-0.25, -0.2) is 9.98 Å². The molecular weight excluding hydrogens is 461 g/mol. The topological polar surface area (TPSA) is 88.7 Å². The summed E-state index contributed by atoms with van der Waals surface area (Å²) in [6.45, 7) is 4.88. The van der Waals surface area contributed by atoms with Crippen molar-refractivity contribution in [3.05, 3.63) is 65.6 Å². The van der Waals surface area contributed by atoms with Gasteiger partial charge in [-0.3, -0.25) is 10.1 Å². The number of benzene rings is 1. The number of rotatable bonds is 4. The van der Waals surface area contributed by atoms with Crippen LogP contribution in [-0.4, -0.2) is 60.0 Å². The molecule has 1 aromatic carbocycles. The van der Waals surface area contributed by atoms with Gasteiger partial charge in [-0.2, -0.15) is 0 Å². The van der Waals surface area contributed by atoms with Crippen molar-refractivity contribution in [2.24, 2.45) is 4.99 Å². The highest BCUT2D eigenvalue weighted by Gasteiger charge is 2.20. The molecule has 8 nitrogen and oxygen atoms in total. The molecular formula is C23H27Cl2N7O. The van der Waals surface area contributed by atoms with E-state index in [1.165, 1.54) is 5.69 Å². The number of H-pyrrole nitrogens is 1. The Morgan fingerprint density at radius 2 is 1.85 bits per heavy atom. The normalized spacial score (nSPS) is 17.4. The monoisotopic (exact) mass is 487 g/mol. The van der Waals surface area contributed by atoms with Crippen LogP contribution < -0.4 is 15.5 Å². The highest BCUT2D eigenvalue weighted by Crippen LogP contribution is 2.20. The minimum atomic E-state index is -0.217. The number of pyridine rings is 1. The lowest BCUT2D eigenvalue weighted by molar-refractivity contribution is -0.115. The first-order valence-electron chi connectivity index (χ1n) is 10.5. The molecule has 0 radical (unpaired) electrons. The van der Waals surface area contributed by atoms with Crippen LogP contribution in [-0.2, 0) is 11.3 Å². The number of fused-ring (bicyclic) bond motifs is 1. The zero-order valence-electron chi connectivity index (χ0n) is 18.2. The summed E-state index contributed by atoms with van der Waals surface area (Å²) in [4.78, 5) is 28.9.